The Morgan fingerprint density at radius 1 is 1.17 bits per heavy atom. The number of benzene rings is 1. The van der Waals surface area contributed by atoms with Crippen LogP contribution in [-0.2, 0) is 14.8 Å². The van der Waals surface area contributed by atoms with E-state index in [1.165, 1.54) is 49.4 Å². The number of aromatic nitrogens is 2. The maximum absolute atomic E-state index is 13.3. The van der Waals surface area contributed by atoms with Crippen molar-refractivity contribution in [3.8, 4) is 22.2 Å². The molecule has 0 unspecified atom stereocenters. The molecule has 0 fully saturated rings. The molecule has 0 bridgehead atoms. The van der Waals surface area contributed by atoms with E-state index in [0.29, 0.717) is 15.7 Å². The van der Waals surface area contributed by atoms with Gasteiger partial charge in [0.15, 0.2) is 0 Å². The first kappa shape index (κ1) is 26.8. The number of carbonyl (C=O) groups is 1. The molecule has 0 amide bonds. The number of carboxylic acid groups (broad SMARTS) is 1. The monoisotopic (exact) mass is 531 g/mol. The van der Waals surface area contributed by atoms with Crippen molar-refractivity contribution in [2.75, 3.05) is 6.54 Å². The van der Waals surface area contributed by atoms with E-state index in [9.17, 15) is 31.5 Å². The molecular formula is C22H24F3N3O5S2. The van der Waals surface area contributed by atoms with Crippen molar-refractivity contribution >= 4 is 27.3 Å². The summed E-state index contributed by atoms with van der Waals surface area (Å²) in [6.07, 6.45) is -6.28. The van der Waals surface area contributed by atoms with Gasteiger partial charge in [-0.1, -0.05) is 19.0 Å². The molecule has 1 aromatic carbocycles. The van der Waals surface area contributed by atoms with Crippen molar-refractivity contribution in [2.45, 2.75) is 50.7 Å². The molecule has 0 saturated carbocycles. The molecular weight excluding hydrogens is 507 g/mol. The van der Waals surface area contributed by atoms with Crippen LogP contribution in [0.15, 0.2) is 45.8 Å². The molecule has 0 aliphatic carbocycles. The fourth-order valence-electron chi connectivity index (χ4n) is 3.49. The van der Waals surface area contributed by atoms with Gasteiger partial charge in [0.1, 0.15) is 6.04 Å². The third-order valence-electron chi connectivity index (χ3n) is 5.13. The maximum atomic E-state index is 13.3. The van der Waals surface area contributed by atoms with E-state index in [2.05, 4.69) is 10.1 Å². The lowest BCUT2D eigenvalue weighted by Crippen LogP contribution is -2.48. The number of alkyl halides is 3. The van der Waals surface area contributed by atoms with Crippen LogP contribution in [0.25, 0.3) is 22.2 Å². The molecule has 0 saturated heterocycles. The van der Waals surface area contributed by atoms with Gasteiger partial charge in [-0.25, -0.2) is 8.42 Å². The third-order valence-corrected chi connectivity index (χ3v) is 8.02. The van der Waals surface area contributed by atoms with E-state index >= 15 is 0 Å². The zero-order valence-corrected chi connectivity index (χ0v) is 20.7. The van der Waals surface area contributed by atoms with Gasteiger partial charge in [-0.3, -0.25) is 4.79 Å². The lowest BCUT2D eigenvalue weighted by Gasteiger charge is -2.30. The number of hydrogen-bond acceptors (Lipinski definition) is 7. The molecule has 0 aliphatic heterocycles. The van der Waals surface area contributed by atoms with Crippen molar-refractivity contribution in [2.24, 2.45) is 5.92 Å². The first-order valence-electron chi connectivity index (χ1n) is 10.6. The molecule has 2 heterocycles. The smallest absolute Gasteiger partial charge is 0.389 e. The Morgan fingerprint density at radius 2 is 1.83 bits per heavy atom. The minimum Gasteiger partial charge on any atom is -0.480 e. The number of sulfonamides is 1. The molecule has 8 nitrogen and oxygen atoms in total. The fourth-order valence-corrected chi connectivity index (χ4v) is 6.03. The van der Waals surface area contributed by atoms with Crippen molar-refractivity contribution in [3.63, 3.8) is 0 Å². The van der Waals surface area contributed by atoms with E-state index in [4.69, 9.17) is 4.52 Å². The number of aryl methyl sites for hydroxylation is 1. The summed E-state index contributed by atoms with van der Waals surface area (Å²) in [6.45, 7) is 4.34. The predicted molar refractivity (Wildman–Crippen MR) is 123 cm³/mol. The van der Waals surface area contributed by atoms with Gasteiger partial charge < -0.3 is 9.63 Å². The molecule has 35 heavy (non-hydrogen) atoms. The second kappa shape index (κ2) is 10.5. The first-order chi connectivity index (χ1) is 16.3. The molecule has 13 heteroatoms. The molecule has 0 radical (unpaired) electrons. The van der Waals surface area contributed by atoms with Gasteiger partial charge in [0.05, 0.1) is 9.77 Å². The Labute approximate surface area is 204 Å². The Balaban J connectivity index is 1.88. The lowest BCUT2D eigenvalue weighted by molar-refractivity contribution is -0.143. The van der Waals surface area contributed by atoms with Gasteiger partial charge in [0.2, 0.25) is 15.8 Å². The second-order valence-corrected chi connectivity index (χ2v) is 11.4. The van der Waals surface area contributed by atoms with Crippen LogP contribution in [0.2, 0.25) is 0 Å². The SMILES string of the molecule is Cc1ccc(-c2noc(-c3ccc(S(=O)(=O)N(CCCC(F)(F)F)[C@@H](C(=O)O)C(C)C)cc3)n2)s1. The fraction of sp³-hybridized carbons (Fsp3) is 0.409. The molecule has 1 N–H and O–H groups in total. The summed E-state index contributed by atoms with van der Waals surface area (Å²) < 4.78 is 70.5. The standard InChI is InChI=1S/C22H24F3N3O5S2/c1-13(2)18(21(29)30)28(12-4-11-22(23,24)25)35(31,32)16-8-6-15(7-9-16)20-26-19(27-33-20)17-10-5-14(3)34-17/h5-10,13,18H,4,11-12H2,1-3H3,(H,29,30)/t18-/m1/s1. The van der Waals surface area contributed by atoms with Gasteiger partial charge in [-0.15, -0.1) is 11.3 Å². The number of thiophene rings is 1. The Kier molecular flexibility index (Phi) is 8.02. The van der Waals surface area contributed by atoms with Gasteiger partial charge >= 0.3 is 12.1 Å². The number of halogens is 3. The molecule has 3 rings (SSSR count). The van der Waals surface area contributed by atoms with Gasteiger partial charge in [0, 0.05) is 23.4 Å². The van der Waals surface area contributed by atoms with Gasteiger partial charge in [-0.2, -0.15) is 22.5 Å². The highest BCUT2D eigenvalue weighted by Crippen LogP contribution is 2.30. The second-order valence-electron chi connectivity index (χ2n) is 8.22. The number of carboxylic acids is 1. The molecule has 2 aromatic heterocycles. The lowest BCUT2D eigenvalue weighted by atomic mass is 10.0. The number of hydrogen-bond donors (Lipinski definition) is 1. The minimum atomic E-state index is -4.49. The predicted octanol–water partition coefficient (Wildman–Crippen LogP) is 5.22. The zero-order valence-electron chi connectivity index (χ0n) is 19.1. The Hall–Kier alpha value is -2.77. The largest absolute Gasteiger partial charge is 0.480 e. The molecule has 0 aliphatic rings. The van der Waals surface area contributed by atoms with Crippen LogP contribution < -0.4 is 0 Å². The summed E-state index contributed by atoms with van der Waals surface area (Å²) in [5.74, 6) is -1.57. The minimum absolute atomic E-state index is 0.155. The molecule has 190 valence electrons. The summed E-state index contributed by atoms with van der Waals surface area (Å²) >= 11 is 1.49. The first-order valence-corrected chi connectivity index (χ1v) is 12.9. The number of aliphatic carboxylic acids is 1. The third kappa shape index (κ3) is 6.47. The van der Waals surface area contributed by atoms with E-state index < -0.39 is 53.5 Å². The van der Waals surface area contributed by atoms with Crippen LogP contribution in [0, 0.1) is 12.8 Å². The zero-order chi connectivity index (χ0) is 26.0. The maximum Gasteiger partial charge on any atom is 0.389 e. The quantitative estimate of drug-likeness (QED) is 0.382. The van der Waals surface area contributed by atoms with E-state index in [1.54, 1.807) is 0 Å². The summed E-state index contributed by atoms with van der Waals surface area (Å²) in [6, 6.07) is 7.55. The van der Waals surface area contributed by atoms with Crippen molar-refractivity contribution in [1.29, 1.82) is 0 Å². The summed E-state index contributed by atoms with van der Waals surface area (Å²) in [5.41, 5.74) is 0.429. The van der Waals surface area contributed by atoms with Crippen molar-refractivity contribution < 1.29 is 36.0 Å². The average molecular weight is 532 g/mol. The Bertz CT molecular complexity index is 1270. The van der Waals surface area contributed by atoms with Crippen LogP contribution in [0.3, 0.4) is 0 Å². The average Bonchev–Trinajstić information content (AvgIpc) is 3.41. The van der Waals surface area contributed by atoms with Gasteiger partial charge in [0.25, 0.3) is 5.89 Å². The van der Waals surface area contributed by atoms with Crippen LogP contribution in [-0.4, -0.2) is 52.7 Å². The van der Waals surface area contributed by atoms with Crippen LogP contribution in [0.4, 0.5) is 13.2 Å². The molecule has 0 spiro atoms. The number of nitrogens with zero attached hydrogens (tertiary/aromatic N) is 3. The highest BCUT2D eigenvalue weighted by Gasteiger charge is 2.38. The van der Waals surface area contributed by atoms with Crippen molar-refractivity contribution in [3.05, 3.63) is 41.3 Å². The molecule has 1 atom stereocenters. The van der Waals surface area contributed by atoms with Crippen LogP contribution in [0.1, 0.15) is 31.6 Å². The van der Waals surface area contributed by atoms with Gasteiger partial charge in [-0.05, 0) is 55.7 Å². The highest BCUT2D eigenvalue weighted by atomic mass is 32.2. The summed E-state index contributed by atoms with van der Waals surface area (Å²) in [7, 11) is -4.42. The molecule has 3 aromatic rings. The van der Waals surface area contributed by atoms with E-state index in [1.807, 2.05) is 19.1 Å². The van der Waals surface area contributed by atoms with E-state index in [0.717, 1.165) is 9.75 Å². The summed E-state index contributed by atoms with van der Waals surface area (Å²) in [4.78, 5) is 17.8. The highest BCUT2D eigenvalue weighted by molar-refractivity contribution is 7.89. The summed E-state index contributed by atoms with van der Waals surface area (Å²) in [5, 5.41) is 13.6. The normalized spacial score (nSPS) is 13.5. The van der Waals surface area contributed by atoms with Crippen molar-refractivity contribution in [1.82, 2.24) is 14.4 Å². The van der Waals surface area contributed by atoms with E-state index in [-0.39, 0.29) is 10.8 Å². The Morgan fingerprint density at radius 3 is 2.34 bits per heavy atom. The van der Waals surface area contributed by atoms with Crippen LogP contribution >= 0.6 is 11.3 Å². The van der Waals surface area contributed by atoms with Crippen LogP contribution in [0.5, 0.6) is 0 Å². The topological polar surface area (TPSA) is 114 Å². The number of rotatable bonds is 10.